The molecule has 0 unspecified atom stereocenters. The second-order valence-corrected chi connectivity index (χ2v) is 6.01. The fourth-order valence-corrected chi connectivity index (χ4v) is 2.60. The summed E-state index contributed by atoms with van der Waals surface area (Å²) in [6.07, 6.45) is 2.23. The van der Waals surface area contributed by atoms with Crippen molar-refractivity contribution in [3.05, 3.63) is 83.7 Å². The molecule has 7 heteroatoms. The minimum Gasteiger partial charge on any atom is -0.497 e. The minimum absolute atomic E-state index is 0.0529. The lowest BCUT2D eigenvalue weighted by atomic mass is 10.1. The van der Waals surface area contributed by atoms with Gasteiger partial charge in [0.15, 0.2) is 0 Å². The predicted molar refractivity (Wildman–Crippen MR) is 104 cm³/mol. The summed E-state index contributed by atoms with van der Waals surface area (Å²) in [6, 6.07) is 14.4. The number of halogens is 2. The average Bonchev–Trinajstić information content (AvgIpc) is 2.71. The molecule has 0 aliphatic rings. The third kappa shape index (κ3) is 4.82. The van der Waals surface area contributed by atoms with Crippen LogP contribution >= 0.6 is 0 Å². The smallest absolute Gasteiger partial charge is 0.274 e. The van der Waals surface area contributed by atoms with Crippen LogP contribution in [0.5, 0.6) is 5.75 Å². The summed E-state index contributed by atoms with van der Waals surface area (Å²) in [5.74, 6) is -1.58. The Hall–Kier alpha value is -3.48. The molecule has 3 rings (SSSR count). The average molecular weight is 383 g/mol. The van der Waals surface area contributed by atoms with E-state index in [1.807, 2.05) is 24.3 Å². The Bertz CT molecular complexity index is 942. The maximum Gasteiger partial charge on any atom is 0.274 e. The third-order valence-electron chi connectivity index (χ3n) is 4.10. The van der Waals surface area contributed by atoms with E-state index in [9.17, 15) is 13.6 Å². The van der Waals surface area contributed by atoms with E-state index in [0.29, 0.717) is 12.2 Å². The van der Waals surface area contributed by atoms with E-state index in [1.54, 1.807) is 13.2 Å². The van der Waals surface area contributed by atoms with Gasteiger partial charge in [-0.3, -0.25) is 9.78 Å². The molecule has 0 radical (unpaired) electrons. The van der Waals surface area contributed by atoms with E-state index < -0.39 is 23.2 Å². The number of hydrogen-bond acceptors (Lipinski definition) is 4. The highest BCUT2D eigenvalue weighted by molar-refractivity contribution is 6.03. The van der Waals surface area contributed by atoms with Gasteiger partial charge in [-0.2, -0.15) is 0 Å². The highest BCUT2D eigenvalue weighted by atomic mass is 19.1. The topological polar surface area (TPSA) is 63.2 Å². The molecule has 0 bridgehead atoms. The highest BCUT2D eigenvalue weighted by Crippen LogP contribution is 2.19. The molecular weight excluding hydrogens is 364 g/mol. The molecule has 0 saturated heterocycles. The minimum atomic E-state index is -0.845. The summed E-state index contributed by atoms with van der Waals surface area (Å²) in [5.41, 5.74) is 1.38. The van der Waals surface area contributed by atoms with Crippen molar-refractivity contribution in [3.63, 3.8) is 0 Å². The Labute approximate surface area is 161 Å². The van der Waals surface area contributed by atoms with Crippen LogP contribution < -0.4 is 15.4 Å². The standard InChI is InChI=1S/C21H19F2N3O2/c1-28-16-7-5-14(6-8-16)9-11-24-15-10-12-25-19(13-15)21(27)26-20-17(22)3-2-4-18(20)23/h2-8,10,12-13H,9,11H2,1H3,(H,24,25)(H,26,27). The van der Waals surface area contributed by atoms with Crippen LogP contribution in [0.2, 0.25) is 0 Å². The number of rotatable bonds is 7. The number of ether oxygens (including phenoxy) is 1. The van der Waals surface area contributed by atoms with Crippen LogP contribution in [0.25, 0.3) is 0 Å². The normalized spacial score (nSPS) is 10.4. The second-order valence-electron chi connectivity index (χ2n) is 6.01. The number of nitrogens with one attached hydrogen (secondary N) is 2. The molecule has 0 aliphatic heterocycles. The first kappa shape index (κ1) is 19.3. The summed E-state index contributed by atoms with van der Waals surface area (Å²) in [7, 11) is 1.62. The van der Waals surface area contributed by atoms with Crippen molar-refractivity contribution < 1.29 is 18.3 Å². The molecule has 3 aromatic rings. The Kier molecular flexibility index (Phi) is 6.16. The molecule has 0 atom stereocenters. The van der Waals surface area contributed by atoms with Crippen LogP contribution in [0.15, 0.2) is 60.8 Å². The van der Waals surface area contributed by atoms with Gasteiger partial charge in [0, 0.05) is 18.4 Å². The van der Waals surface area contributed by atoms with Crippen LogP contribution in [0.3, 0.4) is 0 Å². The van der Waals surface area contributed by atoms with Gasteiger partial charge in [-0.1, -0.05) is 18.2 Å². The van der Waals surface area contributed by atoms with Gasteiger partial charge in [-0.05, 0) is 48.4 Å². The predicted octanol–water partition coefficient (Wildman–Crippen LogP) is 4.28. The van der Waals surface area contributed by atoms with Crippen molar-refractivity contribution in [1.82, 2.24) is 4.98 Å². The maximum atomic E-state index is 13.7. The zero-order valence-corrected chi connectivity index (χ0v) is 15.2. The molecule has 2 aromatic carbocycles. The van der Waals surface area contributed by atoms with Crippen molar-refractivity contribution >= 4 is 17.3 Å². The first-order chi connectivity index (χ1) is 13.6. The molecule has 0 fully saturated rings. The van der Waals surface area contributed by atoms with Crippen LogP contribution in [-0.4, -0.2) is 24.5 Å². The van der Waals surface area contributed by atoms with Crippen molar-refractivity contribution in [2.24, 2.45) is 0 Å². The first-order valence-corrected chi connectivity index (χ1v) is 8.65. The summed E-state index contributed by atoms with van der Waals surface area (Å²) in [5, 5.41) is 5.43. The molecule has 1 heterocycles. The lowest BCUT2D eigenvalue weighted by Gasteiger charge is -2.10. The molecule has 5 nitrogen and oxygen atoms in total. The number of carbonyl (C=O) groups is 1. The molecule has 0 spiro atoms. The number of anilines is 2. The Morgan fingerprint density at radius 3 is 2.46 bits per heavy atom. The molecule has 1 aromatic heterocycles. The van der Waals surface area contributed by atoms with Gasteiger partial charge >= 0.3 is 0 Å². The fourth-order valence-electron chi connectivity index (χ4n) is 2.60. The molecule has 0 saturated carbocycles. The van der Waals surface area contributed by atoms with Gasteiger partial charge in [0.25, 0.3) is 5.91 Å². The Morgan fingerprint density at radius 2 is 1.79 bits per heavy atom. The van der Waals surface area contributed by atoms with Gasteiger partial charge < -0.3 is 15.4 Å². The van der Waals surface area contributed by atoms with Crippen LogP contribution in [0, 0.1) is 11.6 Å². The van der Waals surface area contributed by atoms with Gasteiger partial charge in [0.1, 0.15) is 28.8 Å². The molecule has 0 aliphatic carbocycles. The van der Waals surface area contributed by atoms with E-state index in [-0.39, 0.29) is 5.69 Å². The van der Waals surface area contributed by atoms with Crippen molar-refractivity contribution in [2.75, 3.05) is 24.3 Å². The van der Waals surface area contributed by atoms with Gasteiger partial charge in [-0.15, -0.1) is 0 Å². The lowest BCUT2D eigenvalue weighted by Crippen LogP contribution is -2.16. The van der Waals surface area contributed by atoms with Crippen LogP contribution in [0.1, 0.15) is 16.1 Å². The fraction of sp³-hybridized carbons (Fsp3) is 0.143. The number of aromatic nitrogens is 1. The van der Waals surface area contributed by atoms with E-state index in [0.717, 1.165) is 29.9 Å². The SMILES string of the molecule is COc1ccc(CCNc2ccnc(C(=O)Nc3c(F)cccc3F)c2)cc1. The van der Waals surface area contributed by atoms with Gasteiger partial charge in [-0.25, -0.2) is 8.78 Å². The Balaban J connectivity index is 1.60. The van der Waals surface area contributed by atoms with Crippen molar-refractivity contribution in [3.8, 4) is 5.75 Å². The highest BCUT2D eigenvalue weighted by Gasteiger charge is 2.14. The number of hydrogen-bond donors (Lipinski definition) is 2. The van der Waals surface area contributed by atoms with E-state index in [2.05, 4.69) is 15.6 Å². The molecule has 1 amide bonds. The summed E-state index contributed by atoms with van der Waals surface area (Å²) < 4.78 is 32.5. The molecular formula is C21H19F2N3O2. The number of methoxy groups -OCH3 is 1. The molecule has 2 N–H and O–H groups in total. The number of pyridine rings is 1. The zero-order chi connectivity index (χ0) is 19.9. The number of amides is 1. The van der Waals surface area contributed by atoms with Crippen LogP contribution in [0.4, 0.5) is 20.2 Å². The van der Waals surface area contributed by atoms with Crippen LogP contribution in [-0.2, 0) is 6.42 Å². The number of benzene rings is 2. The van der Waals surface area contributed by atoms with Gasteiger partial charge in [0.2, 0.25) is 0 Å². The lowest BCUT2D eigenvalue weighted by molar-refractivity contribution is 0.102. The van der Waals surface area contributed by atoms with Crippen molar-refractivity contribution in [1.29, 1.82) is 0 Å². The molecule has 28 heavy (non-hydrogen) atoms. The van der Waals surface area contributed by atoms with E-state index in [1.165, 1.54) is 18.3 Å². The number of para-hydroxylation sites is 1. The summed E-state index contributed by atoms with van der Waals surface area (Å²) in [4.78, 5) is 16.2. The van der Waals surface area contributed by atoms with E-state index in [4.69, 9.17) is 4.74 Å². The largest absolute Gasteiger partial charge is 0.497 e. The first-order valence-electron chi connectivity index (χ1n) is 8.65. The van der Waals surface area contributed by atoms with Crippen molar-refractivity contribution in [2.45, 2.75) is 6.42 Å². The monoisotopic (exact) mass is 383 g/mol. The third-order valence-corrected chi connectivity index (χ3v) is 4.10. The van der Waals surface area contributed by atoms with Gasteiger partial charge in [0.05, 0.1) is 7.11 Å². The molecule has 144 valence electrons. The summed E-state index contributed by atoms with van der Waals surface area (Å²) >= 11 is 0. The maximum absolute atomic E-state index is 13.7. The number of nitrogens with zero attached hydrogens (tertiary/aromatic N) is 1. The quantitative estimate of drug-likeness (QED) is 0.639. The zero-order valence-electron chi connectivity index (χ0n) is 15.2. The summed E-state index contributed by atoms with van der Waals surface area (Å²) in [6.45, 7) is 0.638. The Morgan fingerprint density at radius 1 is 1.07 bits per heavy atom. The van der Waals surface area contributed by atoms with E-state index >= 15 is 0 Å². The number of carbonyl (C=O) groups excluding carboxylic acids is 1. The second kappa shape index (κ2) is 8.94.